The van der Waals surface area contributed by atoms with Gasteiger partial charge in [-0.05, 0) is 28.1 Å². The second-order valence-corrected chi connectivity index (χ2v) is 4.40. The number of rotatable bonds is 3. The van der Waals surface area contributed by atoms with Crippen molar-refractivity contribution in [3.63, 3.8) is 0 Å². The lowest BCUT2D eigenvalue weighted by Crippen LogP contribution is -2.15. The van der Waals surface area contributed by atoms with Crippen molar-refractivity contribution < 1.29 is 9.18 Å². The lowest BCUT2D eigenvalue weighted by atomic mass is 10.1. The van der Waals surface area contributed by atoms with E-state index in [9.17, 15) is 9.18 Å². The Morgan fingerprint density at radius 1 is 1.32 bits per heavy atom. The Kier molecular flexibility index (Phi) is 4.06. The first-order chi connectivity index (χ1) is 9.11. The molecule has 2 rings (SSSR count). The number of halogens is 2. The van der Waals surface area contributed by atoms with Gasteiger partial charge >= 0.3 is 0 Å². The second kappa shape index (κ2) is 5.75. The molecule has 1 heterocycles. The molecular formula is C12H10BrFN4O. The molecule has 0 saturated heterocycles. The molecule has 1 aromatic heterocycles. The van der Waals surface area contributed by atoms with Crippen LogP contribution < -0.4 is 10.6 Å². The van der Waals surface area contributed by atoms with Crippen molar-refractivity contribution in [2.45, 2.75) is 0 Å². The molecule has 0 radical (unpaired) electrons. The van der Waals surface area contributed by atoms with Crippen LogP contribution in [0.2, 0.25) is 0 Å². The molecule has 0 aliphatic heterocycles. The Hall–Kier alpha value is -2.02. The maximum Gasteiger partial charge on any atom is 0.259 e. The smallest absolute Gasteiger partial charge is 0.259 e. The van der Waals surface area contributed by atoms with Crippen LogP contribution in [0.1, 0.15) is 10.4 Å². The summed E-state index contributed by atoms with van der Waals surface area (Å²) in [5.41, 5.74) is 0.345. The Bertz CT molecular complexity index is 603. The van der Waals surface area contributed by atoms with E-state index in [4.69, 9.17) is 0 Å². The molecule has 0 fully saturated rings. The van der Waals surface area contributed by atoms with E-state index in [-0.39, 0.29) is 11.3 Å². The monoisotopic (exact) mass is 324 g/mol. The number of aromatic nitrogens is 2. The summed E-state index contributed by atoms with van der Waals surface area (Å²) in [6.45, 7) is 0. The summed E-state index contributed by atoms with van der Waals surface area (Å²) < 4.78 is 14.1. The van der Waals surface area contributed by atoms with Crippen LogP contribution in [0, 0.1) is 5.82 Å². The van der Waals surface area contributed by atoms with Gasteiger partial charge in [0.15, 0.2) is 5.82 Å². The normalized spacial score (nSPS) is 10.1. The van der Waals surface area contributed by atoms with E-state index in [2.05, 4.69) is 36.5 Å². The molecule has 7 heteroatoms. The SMILES string of the molecule is CNc1c(F)cccc1C(=O)Nc1cnc(Br)cn1. The van der Waals surface area contributed by atoms with Crippen LogP contribution in [-0.2, 0) is 0 Å². The molecule has 0 spiro atoms. The third kappa shape index (κ3) is 3.05. The molecule has 2 aromatic rings. The number of carbonyl (C=O) groups excluding carboxylic acids is 1. The summed E-state index contributed by atoms with van der Waals surface area (Å²) >= 11 is 3.14. The standard InChI is InChI=1S/C12H10BrFN4O/c1-15-11-7(3-2-4-8(11)14)12(19)18-10-6-16-9(13)5-17-10/h2-6,15H,1H3,(H,17,18,19). The van der Waals surface area contributed by atoms with Crippen LogP contribution in [0.15, 0.2) is 35.2 Å². The number of hydrogen-bond donors (Lipinski definition) is 2. The number of amides is 1. The average molecular weight is 325 g/mol. The van der Waals surface area contributed by atoms with Gasteiger partial charge in [-0.15, -0.1) is 0 Å². The van der Waals surface area contributed by atoms with Gasteiger partial charge in [-0.3, -0.25) is 4.79 Å². The van der Waals surface area contributed by atoms with Crippen LogP contribution in [0.25, 0.3) is 0 Å². The topological polar surface area (TPSA) is 66.9 Å². The number of nitrogens with zero attached hydrogens (tertiary/aromatic N) is 2. The maximum atomic E-state index is 13.5. The molecule has 2 N–H and O–H groups in total. The second-order valence-electron chi connectivity index (χ2n) is 3.59. The highest BCUT2D eigenvalue weighted by Gasteiger charge is 2.14. The molecule has 98 valence electrons. The van der Waals surface area contributed by atoms with E-state index in [0.29, 0.717) is 10.4 Å². The van der Waals surface area contributed by atoms with Crippen molar-refractivity contribution in [2.75, 3.05) is 17.7 Å². The minimum Gasteiger partial charge on any atom is -0.385 e. The lowest BCUT2D eigenvalue weighted by molar-refractivity contribution is 0.102. The van der Waals surface area contributed by atoms with Crippen LogP contribution in [0.4, 0.5) is 15.9 Å². The molecule has 5 nitrogen and oxygen atoms in total. The molecular weight excluding hydrogens is 315 g/mol. The van der Waals surface area contributed by atoms with Crippen molar-refractivity contribution in [2.24, 2.45) is 0 Å². The Balaban J connectivity index is 2.25. The van der Waals surface area contributed by atoms with Crippen LogP contribution >= 0.6 is 15.9 Å². The van der Waals surface area contributed by atoms with E-state index in [1.165, 1.54) is 30.6 Å². The summed E-state index contributed by atoms with van der Waals surface area (Å²) in [4.78, 5) is 19.9. The minimum atomic E-state index is -0.489. The van der Waals surface area contributed by atoms with E-state index in [1.54, 1.807) is 7.05 Å². The molecule has 1 aromatic carbocycles. The van der Waals surface area contributed by atoms with Crippen molar-refractivity contribution in [3.05, 3.63) is 46.6 Å². The molecule has 0 aliphatic rings. The fraction of sp³-hybridized carbons (Fsp3) is 0.0833. The van der Waals surface area contributed by atoms with Gasteiger partial charge < -0.3 is 10.6 Å². The van der Waals surface area contributed by atoms with Gasteiger partial charge in [0.1, 0.15) is 10.4 Å². The van der Waals surface area contributed by atoms with Gasteiger partial charge in [0, 0.05) is 7.05 Å². The van der Waals surface area contributed by atoms with Crippen molar-refractivity contribution in [3.8, 4) is 0 Å². The zero-order valence-corrected chi connectivity index (χ0v) is 11.5. The molecule has 0 bridgehead atoms. The molecule has 0 atom stereocenters. The average Bonchev–Trinajstić information content (AvgIpc) is 2.41. The predicted molar refractivity (Wildman–Crippen MR) is 73.6 cm³/mol. The molecule has 0 saturated carbocycles. The van der Waals surface area contributed by atoms with E-state index in [1.807, 2.05) is 0 Å². The summed E-state index contributed by atoms with van der Waals surface area (Å²) in [6.07, 6.45) is 2.86. The highest BCUT2D eigenvalue weighted by atomic mass is 79.9. The molecule has 19 heavy (non-hydrogen) atoms. The van der Waals surface area contributed by atoms with Gasteiger partial charge in [-0.2, -0.15) is 0 Å². The number of benzene rings is 1. The third-order valence-electron chi connectivity index (χ3n) is 2.37. The Labute approximate surface area is 117 Å². The summed E-state index contributed by atoms with van der Waals surface area (Å²) in [6, 6.07) is 4.27. The van der Waals surface area contributed by atoms with Crippen LogP contribution in [0.5, 0.6) is 0 Å². The zero-order chi connectivity index (χ0) is 13.8. The Morgan fingerprint density at radius 2 is 2.11 bits per heavy atom. The van der Waals surface area contributed by atoms with Crippen LogP contribution in [0.3, 0.4) is 0 Å². The van der Waals surface area contributed by atoms with E-state index < -0.39 is 11.7 Å². The molecule has 0 unspecified atom stereocenters. The number of para-hydroxylation sites is 1. The van der Waals surface area contributed by atoms with Gasteiger partial charge in [0.05, 0.1) is 23.6 Å². The van der Waals surface area contributed by atoms with Crippen LogP contribution in [-0.4, -0.2) is 22.9 Å². The van der Waals surface area contributed by atoms with Crippen molar-refractivity contribution >= 4 is 33.3 Å². The van der Waals surface area contributed by atoms with Gasteiger partial charge in [0.2, 0.25) is 0 Å². The highest BCUT2D eigenvalue weighted by molar-refractivity contribution is 9.10. The first kappa shape index (κ1) is 13.4. The predicted octanol–water partition coefficient (Wildman–Crippen LogP) is 2.67. The molecule has 0 aliphatic carbocycles. The van der Waals surface area contributed by atoms with Crippen molar-refractivity contribution in [1.82, 2.24) is 9.97 Å². The van der Waals surface area contributed by atoms with E-state index >= 15 is 0 Å². The number of hydrogen-bond acceptors (Lipinski definition) is 4. The fourth-order valence-electron chi connectivity index (χ4n) is 1.53. The van der Waals surface area contributed by atoms with Gasteiger partial charge in [-0.25, -0.2) is 14.4 Å². The molecule has 1 amide bonds. The maximum absolute atomic E-state index is 13.5. The first-order valence-corrected chi connectivity index (χ1v) is 6.16. The lowest BCUT2D eigenvalue weighted by Gasteiger charge is -2.09. The van der Waals surface area contributed by atoms with E-state index in [0.717, 1.165) is 0 Å². The fourth-order valence-corrected chi connectivity index (χ4v) is 1.73. The highest BCUT2D eigenvalue weighted by Crippen LogP contribution is 2.20. The summed E-state index contributed by atoms with van der Waals surface area (Å²) in [7, 11) is 1.55. The minimum absolute atomic E-state index is 0.144. The quantitative estimate of drug-likeness (QED) is 0.910. The largest absolute Gasteiger partial charge is 0.385 e. The Morgan fingerprint density at radius 3 is 2.74 bits per heavy atom. The first-order valence-electron chi connectivity index (χ1n) is 5.37. The third-order valence-corrected chi connectivity index (χ3v) is 2.78. The van der Waals surface area contributed by atoms with Gasteiger partial charge in [-0.1, -0.05) is 6.07 Å². The van der Waals surface area contributed by atoms with Gasteiger partial charge in [0.25, 0.3) is 5.91 Å². The number of anilines is 2. The number of carbonyl (C=O) groups is 1. The van der Waals surface area contributed by atoms with Crippen molar-refractivity contribution in [1.29, 1.82) is 0 Å². The number of nitrogens with one attached hydrogen (secondary N) is 2. The zero-order valence-electron chi connectivity index (χ0n) is 9.95. The summed E-state index contributed by atoms with van der Waals surface area (Å²) in [5.74, 6) is -0.656. The summed E-state index contributed by atoms with van der Waals surface area (Å²) in [5, 5.41) is 5.21.